The molecule has 2 rings (SSSR count). The van der Waals surface area contributed by atoms with Crippen molar-refractivity contribution in [2.24, 2.45) is 0 Å². The molecule has 16 heavy (non-hydrogen) atoms. The monoisotopic (exact) mass is 233 g/mol. The summed E-state index contributed by atoms with van der Waals surface area (Å²) in [5.41, 5.74) is 2.32. The van der Waals surface area contributed by atoms with Gasteiger partial charge in [-0.15, -0.1) is 11.3 Å². The van der Waals surface area contributed by atoms with E-state index in [0.717, 1.165) is 16.5 Å². The van der Waals surface area contributed by atoms with Gasteiger partial charge in [0.05, 0.1) is 22.2 Å². The maximum atomic E-state index is 5.42. The summed E-state index contributed by atoms with van der Waals surface area (Å²) in [6, 6.07) is 8.19. The van der Waals surface area contributed by atoms with Crippen LogP contribution in [0.5, 0.6) is 5.75 Å². The summed E-state index contributed by atoms with van der Waals surface area (Å²) >= 11 is 1.73. The molecule has 1 heterocycles. The van der Waals surface area contributed by atoms with Gasteiger partial charge in [0.25, 0.3) is 0 Å². The predicted molar refractivity (Wildman–Crippen MR) is 68.2 cm³/mol. The zero-order chi connectivity index (χ0) is 11.5. The third-order valence-electron chi connectivity index (χ3n) is 2.33. The van der Waals surface area contributed by atoms with E-state index in [0.29, 0.717) is 6.61 Å². The van der Waals surface area contributed by atoms with Crippen LogP contribution in [0, 0.1) is 13.8 Å². The molecule has 0 aliphatic heterocycles. The lowest BCUT2D eigenvalue weighted by Crippen LogP contribution is -1.90. The van der Waals surface area contributed by atoms with E-state index in [-0.39, 0.29) is 0 Å². The minimum absolute atomic E-state index is 0.706. The summed E-state index contributed by atoms with van der Waals surface area (Å²) in [7, 11) is 0. The number of hydrogen-bond acceptors (Lipinski definition) is 3. The van der Waals surface area contributed by atoms with E-state index < -0.39 is 0 Å². The van der Waals surface area contributed by atoms with Crippen molar-refractivity contribution in [3.8, 4) is 16.2 Å². The third-order valence-corrected chi connectivity index (χ3v) is 3.45. The lowest BCUT2D eigenvalue weighted by Gasteiger charge is -2.03. The SMILES string of the molecule is CCOc1ccc(-c2sc(C)nc2C)cc1. The van der Waals surface area contributed by atoms with E-state index in [4.69, 9.17) is 4.74 Å². The molecule has 2 aromatic rings. The Balaban J connectivity index is 2.31. The van der Waals surface area contributed by atoms with Gasteiger partial charge in [0, 0.05) is 0 Å². The molecule has 0 bridgehead atoms. The lowest BCUT2D eigenvalue weighted by atomic mass is 10.1. The van der Waals surface area contributed by atoms with E-state index >= 15 is 0 Å². The maximum Gasteiger partial charge on any atom is 0.119 e. The van der Waals surface area contributed by atoms with Gasteiger partial charge in [-0.25, -0.2) is 4.98 Å². The first-order valence-corrected chi connectivity index (χ1v) is 6.19. The van der Waals surface area contributed by atoms with E-state index in [9.17, 15) is 0 Å². The van der Waals surface area contributed by atoms with Crippen LogP contribution in [-0.4, -0.2) is 11.6 Å². The molecule has 0 spiro atoms. The summed E-state index contributed by atoms with van der Waals surface area (Å²) < 4.78 is 5.42. The highest BCUT2D eigenvalue weighted by Crippen LogP contribution is 2.30. The highest BCUT2D eigenvalue weighted by atomic mass is 32.1. The summed E-state index contributed by atoms with van der Waals surface area (Å²) in [5.74, 6) is 0.921. The van der Waals surface area contributed by atoms with Crippen molar-refractivity contribution in [1.29, 1.82) is 0 Å². The minimum Gasteiger partial charge on any atom is -0.494 e. The second kappa shape index (κ2) is 4.66. The Morgan fingerprint density at radius 1 is 1.19 bits per heavy atom. The summed E-state index contributed by atoms with van der Waals surface area (Å²) in [6.07, 6.45) is 0. The smallest absolute Gasteiger partial charge is 0.119 e. The Bertz CT molecular complexity index is 473. The van der Waals surface area contributed by atoms with E-state index in [1.807, 2.05) is 26.0 Å². The van der Waals surface area contributed by atoms with Crippen LogP contribution in [0.4, 0.5) is 0 Å². The Morgan fingerprint density at radius 3 is 2.38 bits per heavy atom. The molecule has 1 aromatic heterocycles. The van der Waals surface area contributed by atoms with E-state index in [2.05, 4.69) is 24.0 Å². The molecule has 3 heteroatoms. The van der Waals surface area contributed by atoms with Gasteiger partial charge in [-0.2, -0.15) is 0 Å². The number of nitrogens with zero attached hydrogens (tertiary/aromatic N) is 1. The van der Waals surface area contributed by atoms with Gasteiger partial charge >= 0.3 is 0 Å². The number of rotatable bonds is 3. The zero-order valence-electron chi connectivity index (χ0n) is 9.78. The number of thiazole rings is 1. The van der Waals surface area contributed by atoms with Crippen LogP contribution in [0.25, 0.3) is 10.4 Å². The number of ether oxygens (including phenoxy) is 1. The van der Waals surface area contributed by atoms with Crippen LogP contribution in [0.15, 0.2) is 24.3 Å². The topological polar surface area (TPSA) is 22.1 Å². The molecular weight excluding hydrogens is 218 g/mol. The Hall–Kier alpha value is -1.35. The fourth-order valence-corrected chi connectivity index (χ4v) is 2.59. The van der Waals surface area contributed by atoms with Crippen LogP contribution >= 0.6 is 11.3 Å². The molecule has 2 nitrogen and oxygen atoms in total. The number of aromatic nitrogens is 1. The molecule has 0 amide bonds. The van der Waals surface area contributed by atoms with Crippen molar-refractivity contribution in [2.75, 3.05) is 6.61 Å². The van der Waals surface area contributed by atoms with Crippen molar-refractivity contribution in [2.45, 2.75) is 20.8 Å². The number of hydrogen-bond donors (Lipinski definition) is 0. The first-order valence-electron chi connectivity index (χ1n) is 5.38. The van der Waals surface area contributed by atoms with Gasteiger partial charge in [0.2, 0.25) is 0 Å². The van der Waals surface area contributed by atoms with Crippen molar-refractivity contribution < 1.29 is 4.74 Å². The molecule has 0 radical (unpaired) electrons. The second-order valence-electron chi connectivity index (χ2n) is 3.60. The fraction of sp³-hybridized carbons (Fsp3) is 0.308. The molecule has 0 fully saturated rings. The number of aryl methyl sites for hydroxylation is 2. The Kier molecular flexibility index (Phi) is 3.25. The Morgan fingerprint density at radius 2 is 1.88 bits per heavy atom. The maximum absolute atomic E-state index is 5.42. The van der Waals surface area contributed by atoms with Crippen LogP contribution in [-0.2, 0) is 0 Å². The second-order valence-corrected chi connectivity index (χ2v) is 4.81. The molecule has 0 aliphatic carbocycles. The third kappa shape index (κ3) is 2.25. The molecule has 1 aromatic carbocycles. The zero-order valence-corrected chi connectivity index (χ0v) is 10.6. The molecule has 0 saturated carbocycles. The standard InChI is InChI=1S/C13H15NOS/c1-4-15-12-7-5-11(6-8-12)13-9(2)14-10(3)16-13/h5-8H,4H2,1-3H3. The molecule has 0 unspecified atom stereocenters. The van der Waals surface area contributed by atoms with Crippen LogP contribution in [0.2, 0.25) is 0 Å². The van der Waals surface area contributed by atoms with E-state index in [1.165, 1.54) is 10.4 Å². The summed E-state index contributed by atoms with van der Waals surface area (Å²) in [5, 5.41) is 1.11. The van der Waals surface area contributed by atoms with Crippen molar-refractivity contribution in [3.63, 3.8) is 0 Å². The van der Waals surface area contributed by atoms with Crippen molar-refractivity contribution in [3.05, 3.63) is 35.0 Å². The van der Waals surface area contributed by atoms with Gasteiger partial charge in [-0.05, 0) is 50.6 Å². The number of benzene rings is 1. The minimum atomic E-state index is 0.706. The molecule has 0 aliphatic rings. The van der Waals surface area contributed by atoms with Crippen LogP contribution < -0.4 is 4.74 Å². The molecule has 0 atom stereocenters. The van der Waals surface area contributed by atoms with E-state index in [1.54, 1.807) is 11.3 Å². The predicted octanol–water partition coefficient (Wildman–Crippen LogP) is 3.83. The first kappa shape index (κ1) is 11.1. The quantitative estimate of drug-likeness (QED) is 0.804. The molecule has 0 saturated heterocycles. The van der Waals surface area contributed by atoms with Gasteiger partial charge in [-0.3, -0.25) is 0 Å². The molecule has 84 valence electrons. The summed E-state index contributed by atoms with van der Waals surface area (Å²) in [6.45, 7) is 6.79. The average Bonchev–Trinajstić information content (AvgIpc) is 2.59. The van der Waals surface area contributed by atoms with Gasteiger partial charge in [0.15, 0.2) is 0 Å². The molecule has 0 N–H and O–H groups in total. The fourth-order valence-electron chi connectivity index (χ4n) is 1.67. The highest BCUT2D eigenvalue weighted by molar-refractivity contribution is 7.15. The lowest BCUT2D eigenvalue weighted by molar-refractivity contribution is 0.340. The largest absolute Gasteiger partial charge is 0.494 e. The van der Waals surface area contributed by atoms with Crippen LogP contribution in [0.1, 0.15) is 17.6 Å². The highest BCUT2D eigenvalue weighted by Gasteiger charge is 2.07. The normalized spacial score (nSPS) is 10.4. The van der Waals surface area contributed by atoms with Gasteiger partial charge < -0.3 is 4.74 Å². The summed E-state index contributed by atoms with van der Waals surface area (Å²) in [4.78, 5) is 5.68. The van der Waals surface area contributed by atoms with Gasteiger partial charge in [-0.1, -0.05) is 0 Å². The Labute approximate surface area is 99.9 Å². The van der Waals surface area contributed by atoms with Gasteiger partial charge in [0.1, 0.15) is 5.75 Å². The molecular formula is C13H15NOS. The average molecular weight is 233 g/mol. The van der Waals surface area contributed by atoms with Crippen molar-refractivity contribution in [1.82, 2.24) is 4.98 Å². The van der Waals surface area contributed by atoms with Crippen molar-refractivity contribution >= 4 is 11.3 Å². The first-order chi connectivity index (χ1) is 7.70. The van der Waals surface area contributed by atoms with Crippen LogP contribution in [0.3, 0.4) is 0 Å².